The largest absolute Gasteiger partial charge is 0.511 e. The highest BCUT2D eigenvalue weighted by Crippen LogP contribution is 2.54. The summed E-state index contributed by atoms with van der Waals surface area (Å²) in [5.41, 5.74) is 5.36. The summed E-state index contributed by atoms with van der Waals surface area (Å²) in [6, 6.07) is 10.5. The second kappa shape index (κ2) is 8.95. The molecule has 2 aromatic carbocycles. The summed E-state index contributed by atoms with van der Waals surface area (Å²) >= 11 is 13.0. The van der Waals surface area contributed by atoms with Gasteiger partial charge in [0.15, 0.2) is 11.6 Å². The Labute approximate surface area is 219 Å². The first-order chi connectivity index (χ1) is 17.1. The minimum absolute atomic E-state index is 0.0240. The van der Waals surface area contributed by atoms with E-state index in [9.17, 15) is 29.7 Å². The number of ketones is 2. The van der Waals surface area contributed by atoms with Crippen molar-refractivity contribution in [3.63, 3.8) is 0 Å². The van der Waals surface area contributed by atoms with Crippen molar-refractivity contribution in [2.45, 2.75) is 22.6 Å². The molecular weight excluding hydrogens is 524 g/mol. The lowest BCUT2D eigenvalue weighted by Gasteiger charge is -2.44. The lowest BCUT2D eigenvalue weighted by molar-refractivity contribution is -0.128. The van der Waals surface area contributed by atoms with Crippen LogP contribution in [0.3, 0.4) is 0 Å². The molecule has 2 aromatic rings. The number of primary amides is 1. The summed E-state index contributed by atoms with van der Waals surface area (Å²) in [5.74, 6) is -6.17. The molecule has 4 atom stereocenters. The van der Waals surface area contributed by atoms with Gasteiger partial charge in [0.05, 0.1) is 28.1 Å². The molecule has 0 saturated heterocycles. The molecule has 1 fully saturated rings. The van der Waals surface area contributed by atoms with Crippen LogP contribution in [-0.2, 0) is 14.4 Å². The molecule has 1 heterocycles. The van der Waals surface area contributed by atoms with Gasteiger partial charge in [0.25, 0.3) is 5.91 Å². The Balaban J connectivity index is 1.62. The first-order valence-electron chi connectivity index (χ1n) is 10.9. The molecule has 8 nitrogen and oxygen atoms in total. The molecule has 1 aliphatic heterocycles. The standard InChI is InChI=1S/C25H19ClN2O6S2/c26-11-6-7-12(29)15-21(32)16-13(36-23(11)15)8-10-14(19(16)30)20(31)17(24(27)34)22(33)18(10)28-25(35)9-4-2-1-3-5-9/h1-7,10,13-14,18,29,31-32H,8H2,(H2,27,34)(H,28,35). The zero-order valence-electron chi connectivity index (χ0n) is 18.4. The number of halogens is 1. The number of carbonyl (C=O) groups is 3. The average Bonchev–Trinajstić information content (AvgIpc) is 2.83. The van der Waals surface area contributed by atoms with Crippen LogP contribution >= 0.6 is 35.6 Å². The van der Waals surface area contributed by atoms with Crippen LogP contribution in [0.4, 0.5) is 0 Å². The van der Waals surface area contributed by atoms with E-state index in [-0.39, 0.29) is 33.3 Å². The second-order valence-corrected chi connectivity index (χ2v) is 10.7. The van der Waals surface area contributed by atoms with Crippen LogP contribution in [0, 0.1) is 11.8 Å². The number of Topliss-reactive ketones (excluding diaryl/α,β-unsaturated/α-hetero) is 2. The smallest absolute Gasteiger partial charge is 0.255 e. The van der Waals surface area contributed by atoms with Crippen LogP contribution in [0.15, 0.2) is 64.3 Å². The van der Waals surface area contributed by atoms with E-state index in [1.165, 1.54) is 23.9 Å². The number of allylic oxidation sites excluding steroid dienone is 1. The van der Waals surface area contributed by atoms with Crippen LogP contribution in [0.2, 0.25) is 5.02 Å². The van der Waals surface area contributed by atoms with Crippen molar-refractivity contribution in [1.29, 1.82) is 0 Å². The summed E-state index contributed by atoms with van der Waals surface area (Å²) < 4.78 is 0. The fraction of sp³-hybridized carbons (Fsp3) is 0.200. The summed E-state index contributed by atoms with van der Waals surface area (Å²) in [6.07, 6.45) is 0.156. The number of thioether (sulfide) groups is 1. The number of nitrogens with two attached hydrogens (primary N) is 1. The van der Waals surface area contributed by atoms with E-state index < -0.39 is 57.7 Å². The van der Waals surface area contributed by atoms with Gasteiger partial charge < -0.3 is 26.4 Å². The quantitative estimate of drug-likeness (QED) is 0.291. The van der Waals surface area contributed by atoms with E-state index in [4.69, 9.17) is 29.6 Å². The average molecular weight is 543 g/mol. The van der Waals surface area contributed by atoms with Crippen molar-refractivity contribution in [2.24, 2.45) is 17.6 Å². The zero-order chi connectivity index (χ0) is 25.9. The van der Waals surface area contributed by atoms with Gasteiger partial charge >= 0.3 is 0 Å². The predicted octanol–water partition coefficient (Wildman–Crippen LogP) is 3.21. The Bertz CT molecular complexity index is 1420. The predicted molar refractivity (Wildman–Crippen MR) is 138 cm³/mol. The number of phenolic OH excluding ortho intramolecular Hbond substituents is 1. The fourth-order valence-electron chi connectivity index (χ4n) is 5.09. The molecule has 0 aromatic heterocycles. The van der Waals surface area contributed by atoms with E-state index in [2.05, 4.69) is 5.32 Å². The molecular formula is C25H19ClN2O6S2. The first-order valence-corrected chi connectivity index (χ1v) is 12.6. The van der Waals surface area contributed by atoms with E-state index in [0.717, 1.165) is 0 Å². The number of phenols is 1. The first kappa shape index (κ1) is 24.4. The maximum Gasteiger partial charge on any atom is 0.255 e. The van der Waals surface area contributed by atoms with Gasteiger partial charge in [-0.25, -0.2) is 0 Å². The molecule has 1 saturated carbocycles. The molecule has 3 aliphatic rings. The second-order valence-electron chi connectivity index (χ2n) is 8.69. The number of hydrogen-bond acceptors (Lipinski definition) is 8. The number of thiocarbonyl (C=S) groups is 1. The molecule has 5 rings (SSSR count). The van der Waals surface area contributed by atoms with Gasteiger partial charge in [0.2, 0.25) is 0 Å². The molecule has 36 heavy (non-hydrogen) atoms. The molecule has 4 unspecified atom stereocenters. The van der Waals surface area contributed by atoms with Gasteiger partial charge in [-0.3, -0.25) is 14.4 Å². The Morgan fingerprint density at radius 3 is 2.44 bits per heavy atom. The lowest BCUT2D eigenvalue weighted by Crippen LogP contribution is -2.57. The van der Waals surface area contributed by atoms with Crippen molar-refractivity contribution < 1.29 is 29.7 Å². The summed E-state index contributed by atoms with van der Waals surface area (Å²) in [7, 11) is 0. The van der Waals surface area contributed by atoms with Crippen molar-refractivity contribution in [1.82, 2.24) is 5.32 Å². The van der Waals surface area contributed by atoms with Crippen LogP contribution in [0.25, 0.3) is 5.76 Å². The molecule has 0 radical (unpaired) electrons. The van der Waals surface area contributed by atoms with E-state index >= 15 is 0 Å². The van der Waals surface area contributed by atoms with Crippen LogP contribution in [-0.4, -0.2) is 49.1 Å². The van der Waals surface area contributed by atoms with Crippen LogP contribution in [0.5, 0.6) is 5.75 Å². The van der Waals surface area contributed by atoms with Crippen molar-refractivity contribution in [3.8, 4) is 5.75 Å². The molecule has 6 N–H and O–H groups in total. The number of rotatable bonds is 3. The monoisotopic (exact) mass is 542 g/mol. The third kappa shape index (κ3) is 3.68. The SMILES string of the molecule is NC(=O)C1=C(O)C2C(=O)C3=C(O)c4c(O)ccc(Cl)c4SC3CC2C(NC(=S)c2ccccc2)C1=O. The lowest BCUT2D eigenvalue weighted by atomic mass is 9.65. The molecule has 0 spiro atoms. The van der Waals surface area contributed by atoms with E-state index in [1.54, 1.807) is 30.3 Å². The number of aromatic hydroxyl groups is 1. The molecule has 11 heteroatoms. The van der Waals surface area contributed by atoms with E-state index in [0.29, 0.717) is 10.5 Å². The van der Waals surface area contributed by atoms with Crippen LogP contribution in [0.1, 0.15) is 17.5 Å². The van der Waals surface area contributed by atoms with Gasteiger partial charge in [0.1, 0.15) is 27.8 Å². The summed E-state index contributed by atoms with van der Waals surface area (Å²) in [5, 5.41) is 34.9. The topological polar surface area (TPSA) is 150 Å². The number of amides is 1. The highest BCUT2D eigenvalue weighted by molar-refractivity contribution is 8.00. The van der Waals surface area contributed by atoms with Crippen molar-refractivity contribution in [3.05, 3.63) is 75.5 Å². The van der Waals surface area contributed by atoms with Gasteiger partial charge in [-0.05, 0) is 18.6 Å². The molecule has 184 valence electrons. The highest BCUT2D eigenvalue weighted by atomic mass is 35.5. The van der Waals surface area contributed by atoms with Gasteiger partial charge in [-0.2, -0.15) is 0 Å². The normalized spacial score (nSPS) is 25.1. The molecule has 2 aliphatic carbocycles. The number of aliphatic hydroxyl groups is 2. The Hall–Kier alpha value is -3.34. The number of benzene rings is 2. The summed E-state index contributed by atoms with van der Waals surface area (Å²) in [6.45, 7) is 0. The van der Waals surface area contributed by atoms with Crippen molar-refractivity contribution in [2.75, 3.05) is 0 Å². The minimum Gasteiger partial charge on any atom is -0.511 e. The number of aliphatic hydroxyl groups excluding tert-OH is 2. The maximum atomic E-state index is 13.7. The molecule has 1 amide bonds. The van der Waals surface area contributed by atoms with Gasteiger partial charge in [0, 0.05) is 21.6 Å². The Morgan fingerprint density at radius 2 is 1.78 bits per heavy atom. The highest BCUT2D eigenvalue weighted by Gasteiger charge is 2.55. The third-order valence-corrected chi connectivity index (χ3v) is 8.85. The maximum absolute atomic E-state index is 13.7. The third-order valence-electron chi connectivity index (χ3n) is 6.70. The number of hydrogen-bond donors (Lipinski definition) is 5. The minimum atomic E-state index is -1.32. The number of nitrogens with one attached hydrogen (secondary N) is 1. The molecule has 0 bridgehead atoms. The van der Waals surface area contributed by atoms with Gasteiger partial charge in [-0.15, -0.1) is 11.8 Å². The van der Waals surface area contributed by atoms with Gasteiger partial charge in [-0.1, -0.05) is 54.2 Å². The number of carbonyl (C=O) groups excluding carboxylic acids is 3. The summed E-state index contributed by atoms with van der Waals surface area (Å²) in [4.78, 5) is 39.9. The zero-order valence-corrected chi connectivity index (χ0v) is 20.8. The van der Waals surface area contributed by atoms with Crippen LogP contribution < -0.4 is 11.1 Å². The number of fused-ring (bicyclic) bond motifs is 3. The van der Waals surface area contributed by atoms with Crippen molar-refractivity contribution >= 4 is 63.8 Å². The van der Waals surface area contributed by atoms with E-state index in [1.807, 2.05) is 0 Å². The Kier molecular flexibility index (Phi) is 6.06. The Morgan fingerprint density at radius 1 is 1.08 bits per heavy atom. The fourth-order valence-corrected chi connectivity index (χ4v) is 7.09.